The van der Waals surface area contributed by atoms with Gasteiger partial charge in [0, 0.05) is 17.6 Å². The average molecular weight is 331 g/mol. The Bertz CT molecular complexity index is 797. The van der Waals surface area contributed by atoms with Gasteiger partial charge in [-0.25, -0.2) is 4.39 Å². The molecular formula is C16H12ClFN4O. The Morgan fingerprint density at radius 1 is 1.22 bits per heavy atom. The van der Waals surface area contributed by atoms with E-state index in [1.807, 2.05) is 0 Å². The molecule has 0 unspecified atom stereocenters. The monoisotopic (exact) mass is 330 g/mol. The van der Waals surface area contributed by atoms with Crippen molar-refractivity contribution in [2.45, 2.75) is 0 Å². The van der Waals surface area contributed by atoms with Crippen LogP contribution in [0.1, 0.15) is 0 Å². The fourth-order valence-corrected chi connectivity index (χ4v) is 1.83. The van der Waals surface area contributed by atoms with Gasteiger partial charge in [0.15, 0.2) is 0 Å². The molecule has 2 aromatic carbocycles. The van der Waals surface area contributed by atoms with E-state index in [9.17, 15) is 9.18 Å². The summed E-state index contributed by atoms with van der Waals surface area (Å²) in [6.07, 6.45) is 1.25. The van der Waals surface area contributed by atoms with Crippen LogP contribution in [0.25, 0.3) is 0 Å². The van der Waals surface area contributed by atoms with E-state index in [0.717, 1.165) is 0 Å². The molecule has 116 valence electrons. The van der Waals surface area contributed by atoms with Crippen LogP contribution in [0.5, 0.6) is 0 Å². The molecule has 0 bridgehead atoms. The fraction of sp³-hybridized carbons (Fsp3) is 0. The van der Waals surface area contributed by atoms with Crippen LogP contribution in [0.15, 0.2) is 54.2 Å². The van der Waals surface area contributed by atoms with Crippen LogP contribution in [0.2, 0.25) is 5.02 Å². The molecule has 1 amide bonds. The highest BCUT2D eigenvalue weighted by molar-refractivity contribution is 6.33. The van der Waals surface area contributed by atoms with Crippen molar-refractivity contribution in [2.24, 2.45) is 0 Å². The molecule has 0 aromatic heterocycles. The first-order chi connectivity index (χ1) is 11.0. The molecule has 2 rings (SSSR count). The quantitative estimate of drug-likeness (QED) is 0.454. The summed E-state index contributed by atoms with van der Waals surface area (Å²) < 4.78 is 12.8. The standard InChI is InChI=1S/C16H12ClFN4O/c17-14-7-13(5-6-15(14)20)21-9-10(8-19)16(23)22-12-3-1-11(18)2-4-12/h1-7,9,21H,20H2,(H,22,23)/b10-9-. The maximum atomic E-state index is 12.8. The van der Waals surface area contributed by atoms with Gasteiger partial charge in [0.2, 0.25) is 0 Å². The summed E-state index contributed by atoms with van der Waals surface area (Å²) in [7, 11) is 0. The van der Waals surface area contributed by atoms with Crippen LogP contribution >= 0.6 is 11.6 Å². The molecule has 0 spiro atoms. The predicted octanol–water partition coefficient (Wildman–Crippen LogP) is 3.52. The van der Waals surface area contributed by atoms with Crippen molar-refractivity contribution in [3.63, 3.8) is 0 Å². The number of hydrogen-bond acceptors (Lipinski definition) is 4. The molecule has 5 nitrogen and oxygen atoms in total. The van der Waals surface area contributed by atoms with Gasteiger partial charge in [0.1, 0.15) is 17.5 Å². The predicted molar refractivity (Wildman–Crippen MR) is 88.2 cm³/mol. The molecule has 7 heteroatoms. The zero-order chi connectivity index (χ0) is 16.8. The normalized spacial score (nSPS) is 10.7. The van der Waals surface area contributed by atoms with Gasteiger partial charge >= 0.3 is 0 Å². The summed E-state index contributed by atoms with van der Waals surface area (Å²) in [5.74, 6) is -1.03. The van der Waals surface area contributed by atoms with E-state index in [0.29, 0.717) is 22.1 Å². The third-order valence-corrected chi connectivity index (χ3v) is 3.18. The van der Waals surface area contributed by atoms with Crippen LogP contribution in [-0.2, 0) is 4.79 Å². The van der Waals surface area contributed by atoms with Crippen molar-refractivity contribution in [3.8, 4) is 6.07 Å². The second-order valence-electron chi connectivity index (χ2n) is 4.51. The average Bonchev–Trinajstić information content (AvgIpc) is 2.53. The van der Waals surface area contributed by atoms with Gasteiger partial charge in [0.25, 0.3) is 5.91 Å². The molecular weight excluding hydrogens is 319 g/mol. The molecule has 0 saturated heterocycles. The first kappa shape index (κ1) is 16.3. The van der Waals surface area contributed by atoms with Gasteiger partial charge in [-0.3, -0.25) is 4.79 Å². The van der Waals surface area contributed by atoms with E-state index in [1.165, 1.54) is 30.5 Å². The van der Waals surface area contributed by atoms with Crippen molar-refractivity contribution in [1.82, 2.24) is 0 Å². The summed E-state index contributed by atoms with van der Waals surface area (Å²) in [6, 6.07) is 11.8. The van der Waals surface area contributed by atoms with Crippen LogP contribution in [0.4, 0.5) is 21.5 Å². The first-order valence-corrected chi connectivity index (χ1v) is 6.86. The van der Waals surface area contributed by atoms with E-state index in [-0.39, 0.29) is 5.57 Å². The number of amides is 1. The van der Waals surface area contributed by atoms with Gasteiger partial charge in [0.05, 0.1) is 10.7 Å². The second-order valence-corrected chi connectivity index (χ2v) is 4.92. The van der Waals surface area contributed by atoms with Crippen molar-refractivity contribution in [1.29, 1.82) is 5.26 Å². The topological polar surface area (TPSA) is 90.9 Å². The number of carbonyl (C=O) groups excluding carboxylic acids is 1. The highest BCUT2D eigenvalue weighted by atomic mass is 35.5. The molecule has 0 atom stereocenters. The molecule has 0 fully saturated rings. The van der Waals surface area contributed by atoms with E-state index in [4.69, 9.17) is 22.6 Å². The van der Waals surface area contributed by atoms with Gasteiger partial charge in [-0.2, -0.15) is 5.26 Å². The largest absolute Gasteiger partial charge is 0.398 e. The second kappa shape index (κ2) is 7.29. The number of nitrogen functional groups attached to an aromatic ring is 1. The molecule has 0 heterocycles. The van der Waals surface area contributed by atoms with Crippen molar-refractivity contribution < 1.29 is 9.18 Å². The summed E-state index contributed by atoms with van der Waals surface area (Å²) in [6.45, 7) is 0. The maximum absolute atomic E-state index is 12.8. The molecule has 23 heavy (non-hydrogen) atoms. The fourth-order valence-electron chi connectivity index (χ4n) is 1.65. The molecule has 0 aliphatic carbocycles. The Balaban J connectivity index is 2.08. The minimum atomic E-state index is -0.617. The Morgan fingerprint density at radius 3 is 2.48 bits per heavy atom. The molecule has 0 saturated carbocycles. The first-order valence-electron chi connectivity index (χ1n) is 6.48. The summed E-state index contributed by atoms with van der Waals surface area (Å²) in [5, 5.41) is 14.7. The molecule has 0 aliphatic rings. The molecule has 0 aliphatic heterocycles. The minimum absolute atomic E-state index is 0.151. The van der Waals surface area contributed by atoms with Gasteiger partial charge in [-0.15, -0.1) is 0 Å². The van der Waals surface area contributed by atoms with Crippen LogP contribution in [-0.4, -0.2) is 5.91 Å². The number of rotatable bonds is 4. The molecule has 2 aromatic rings. The number of nitriles is 1. The third-order valence-electron chi connectivity index (χ3n) is 2.85. The van der Waals surface area contributed by atoms with E-state index in [2.05, 4.69) is 10.6 Å². The number of benzene rings is 2. The molecule has 4 N–H and O–H groups in total. The van der Waals surface area contributed by atoms with Crippen LogP contribution in [0.3, 0.4) is 0 Å². The van der Waals surface area contributed by atoms with Gasteiger partial charge in [-0.05, 0) is 42.5 Å². The van der Waals surface area contributed by atoms with Crippen molar-refractivity contribution in [2.75, 3.05) is 16.4 Å². The lowest BCUT2D eigenvalue weighted by Gasteiger charge is -2.06. The Hall–Kier alpha value is -3.04. The number of anilines is 3. The zero-order valence-corrected chi connectivity index (χ0v) is 12.6. The SMILES string of the molecule is N#C/C(=C/Nc1ccc(N)c(Cl)c1)C(=O)Nc1ccc(F)cc1. The highest BCUT2D eigenvalue weighted by Gasteiger charge is 2.09. The highest BCUT2D eigenvalue weighted by Crippen LogP contribution is 2.22. The lowest BCUT2D eigenvalue weighted by Crippen LogP contribution is -2.14. The number of nitrogens with zero attached hydrogens (tertiary/aromatic N) is 1. The number of nitrogens with one attached hydrogen (secondary N) is 2. The van der Waals surface area contributed by atoms with Crippen LogP contribution < -0.4 is 16.4 Å². The Labute approximate surface area is 137 Å². The van der Waals surface area contributed by atoms with Crippen molar-refractivity contribution >= 4 is 34.6 Å². The van der Waals surface area contributed by atoms with E-state index in [1.54, 1.807) is 24.3 Å². The van der Waals surface area contributed by atoms with E-state index >= 15 is 0 Å². The summed E-state index contributed by atoms with van der Waals surface area (Å²) in [5.41, 5.74) is 6.83. The third kappa shape index (κ3) is 4.46. The summed E-state index contributed by atoms with van der Waals surface area (Å²) >= 11 is 5.89. The van der Waals surface area contributed by atoms with Gasteiger partial charge < -0.3 is 16.4 Å². The molecule has 0 radical (unpaired) electrons. The zero-order valence-electron chi connectivity index (χ0n) is 11.8. The summed E-state index contributed by atoms with van der Waals surface area (Å²) in [4.78, 5) is 12.0. The Morgan fingerprint density at radius 2 is 1.87 bits per heavy atom. The minimum Gasteiger partial charge on any atom is -0.398 e. The van der Waals surface area contributed by atoms with Crippen molar-refractivity contribution in [3.05, 3.63) is 65.1 Å². The number of halogens is 2. The smallest absolute Gasteiger partial charge is 0.267 e. The lowest BCUT2D eigenvalue weighted by atomic mass is 10.2. The Kier molecular flexibility index (Phi) is 5.18. The van der Waals surface area contributed by atoms with Crippen LogP contribution in [0, 0.1) is 17.1 Å². The number of hydrogen-bond donors (Lipinski definition) is 3. The number of carbonyl (C=O) groups is 1. The van der Waals surface area contributed by atoms with Gasteiger partial charge in [-0.1, -0.05) is 11.6 Å². The van der Waals surface area contributed by atoms with E-state index < -0.39 is 11.7 Å². The number of nitrogens with two attached hydrogens (primary N) is 1. The lowest BCUT2D eigenvalue weighted by molar-refractivity contribution is -0.112. The maximum Gasteiger partial charge on any atom is 0.267 e.